The molecule has 0 radical (unpaired) electrons. The fraction of sp³-hybridized carbons (Fsp3) is 0.308. The van der Waals surface area contributed by atoms with Crippen LogP contribution in [0, 0.1) is 6.92 Å². The van der Waals surface area contributed by atoms with Crippen LogP contribution in [0.4, 0.5) is 11.6 Å². The summed E-state index contributed by atoms with van der Waals surface area (Å²) >= 11 is 0. The Bertz CT molecular complexity index is 1740. The first kappa shape index (κ1) is 23.6. The van der Waals surface area contributed by atoms with E-state index in [2.05, 4.69) is 30.2 Å². The molecule has 38 heavy (non-hydrogen) atoms. The molecule has 1 aliphatic rings. The van der Waals surface area contributed by atoms with E-state index in [1.165, 1.54) is 6.33 Å². The number of anilines is 1. The minimum atomic E-state index is -0.245. The Hall–Kier alpha value is -4.74. The van der Waals surface area contributed by atoms with Crippen molar-refractivity contribution in [1.82, 2.24) is 39.4 Å². The molecule has 4 aromatic heterocycles. The molecule has 0 saturated heterocycles. The molecule has 1 atom stereocenters. The van der Waals surface area contributed by atoms with E-state index < -0.39 is 0 Å². The van der Waals surface area contributed by atoms with Gasteiger partial charge in [0, 0.05) is 38.0 Å². The second-order valence-corrected chi connectivity index (χ2v) is 9.37. The number of aromatic nitrogens is 8. The van der Waals surface area contributed by atoms with Gasteiger partial charge < -0.3 is 10.3 Å². The van der Waals surface area contributed by atoms with Gasteiger partial charge in [0.15, 0.2) is 5.82 Å². The molecule has 12 nitrogen and oxygen atoms in total. The van der Waals surface area contributed by atoms with E-state index in [0.717, 1.165) is 24.0 Å². The Morgan fingerprint density at radius 3 is 2.79 bits per heavy atom. The van der Waals surface area contributed by atoms with Gasteiger partial charge in [0.2, 0.25) is 11.7 Å². The predicted molar refractivity (Wildman–Crippen MR) is 142 cm³/mol. The van der Waals surface area contributed by atoms with E-state index in [0.29, 0.717) is 40.4 Å². The standard InChI is InChI=1S/C26H26N10O2/c1-4-15(10-28-23-21(22(27)29-13-30-23)24-32-14(2)38-34-24)25-33-19-7-5-6-18(16-11-31-35(3)12-16)20(19)26(37)36(25)17-8-9-17/h5-7,10-13,15,17H,4,8-9H2,1-3H3,(H2,27,29,30). The fourth-order valence-corrected chi connectivity index (χ4v) is 4.63. The number of hydrogen-bond acceptors (Lipinski definition) is 10. The summed E-state index contributed by atoms with van der Waals surface area (Å²) in [6, 6.07) is 5.86. The fourth-order valence-electron chi connectivity index (χ4n) is 4.63. The summed E-state index contributed by atoms with van der Waals surface area (Å²) in [5.41, 5.74) is 8.81. The van der Waals surface area contributed by atoms with Crippen molar-refractivity contribution in [2.24, 2.45) is 12.0 Å². The van der Waals surface area contributed by atoms with Gasteiger partial charge in [-0.15, -0.1) is 0 Å². The third-order valence-electron chi connectivity index (χ3n) is 6.64. The summed E-state index contributed by atoms with van der Waals surface area (Å²) < 4.78 is 8.69. The minimum Gasteiger partial charge on any atom is -0.383 e. The molecule has 2 N–H and O–H groups in total. The summed E-state index contributed by atoms with van der Waals surface area (Å²) in [7, 11) is 1.86. The molecular weight excluding hydrogens is 484 g/mol. The number of hydrogen-bond donors (Lipinski definition) is 1. The maximum absolute atomic E-state index is 14.0. The number of nitrogen functional groups attached to an aromatic ring is 1. The van der Waals surface area contributed by atoms with Crippen LogP contribution in [-0.4, -0.2) is 45.7 Å². The van der Waals surface area contributed by atoms with Crippen LogP contribution < -0.4 is 11.3 Å². The van der Waals surface area contributed by atoms with Gasteiger partial charge in [0.05, 0.1) is 23.0 Å². The van der Waals surface area contributed by atoms with Gasteiger partial charge in [-0.25, -0.2) is 19.9 Å². The smallest absolute Gasteiger partial charge is 0.262 e. The van der Waals surface area contributed by atoms with Crippen molar-refractivity contribution >= 4 is 28.8 Å². The predicted octanol–water partition coefficient (Wildman–Crippen LogP) is 3.76. The van der Waals surface area contributed by atoms with Crippen LogP contribution in [0.1, 0.15) is 49.9 Å². The topological polar surface area (TPSA) is 156 Å². The van der Waals surface area contributed by atoms with Crippen molar-refractivity contribution in [2.45, 2.75) is 45.1 Å². The van der Waals surface area contributed by atoms with Crippen molar-refractivity contribution in [3.63, 3.8) is 0 Å². The number of aryl methyl sites for hydroxylation is 2. The molecule has 1 saturated carbocycles. The summed E-state index contributed by atoms with van der Waals surface area (Å²) in [6.45, 7) is 3.73. The molecule has 0 spiro atoms. The molecule has 1 aromatic carbocycles. The van der Waals surface area contributed by atoms with Crippen LogP contribution in [0.2, 0.25) is 0 Å². The van der Waals surface area contributed by atoms with Crippen molar-refractivity contribution in [1.29, 1.82) is 0 Å². The van der Waals surface area contributed by atoms with E-state index in [-0.39, 0.29) is 29.2 Å². The molecule has 0 bridgehead atoms. The highest BCUT2D eigenvalue weighted by Gasteiger charge is 2.31. The Labute approximate surface area is 217 Å². The molecular formula is C26H26N10O2. The van der Waals surface area contributed by atoms with Crippen molar-refractivity contribution in [3.05, 3.63) is 59.0 Å². The van der Waals surface area contributed by atoms with E-state index >= 15 is 0 Å². The summed E-state index contributed by atoms with van der Waals surface area (Å²) in [4.78, 5) is 36.3. The molecule has 5 aromatic rings. The second-order valence-electron chi connectivity index (χ2n) is 9.37. The average Bonchev–Trinajstić information content (AvgIpc) is 3.50. The largest absolute Gasteiger partial charge is 0.383 e. The molecule has 192 valence electrons. The highest BCUT2D eigenvalue weighted by molar-refractivity contribution is 5.94. The quantitative estimate of drug-likeness (QED) is 0.322. The lowest BCUT2D eigenvalue weighted by molar-refractivity contribution is 0.394. The van der Waals surface area contributed by atoms with Gasteiger partial charge in [-0.3, -0.25) is 14.0 Å². The number of nitrogens with two attached hydrogens (primary N) is 1. The number of fused-ring (bicyclic) bond motifs is 1. The van der Waals surface area contributed by atoms with E-state index in [4.69, 9.17) is 15.2 Å². The number of aliphatic imine (C=N–C) groups is 1. The highest BCUT2D eigenvalue weighted by Crippen LogP contribution is 2.38. The summed E-state index contributed by atoms with van der Waals surface area (Å²) in [5, 5.41) is 8.84. The Morgan fingerprint density at radius 1 is 1.26 bits per heavy atom. The number of rotatable bonds is 7. The second kappa shape index (κ2) is 9.29. The van der Waals surface area contributed by atoms with Gasteiger partial charge in [-0.2, -0.15) is 10.1 Å². The van der Waals surface area contributed by atoms with Crippen LogP contribution in [0.3, 0.4) is 0 Å². The van der Waals surface area contributed by atoms with Crippen LogP contribution in [0.5, 0.6) is 0 Å². The van der Waals surface area contributed by atoms with Gasteiger partial charge in [0.1, 0.15) is 23.5 Å². The van der Waals surface area contributed by atoms with Gasteiger partial charge >= 0.3 is 0 Å². The number of benzene rings is 1. The summed E-state index contributed by atoms with van der Waals surface area (Å²) in [6.07, 6.45) is 9.32. The lowest BCUT2D eigenvalue weighted by atomic mass is 10.0. The highest BCUT2D eigenvalue weighted by atomic mass is 16.5. The van der Waals surface area contributed by atoms with E-state index in [9.17, 15) is 4.79 Å². The maximum Gasteiger partial charge on any atom is 0.262 e. The first-order chi connectivity index (χ1) is 18.4. The molecule has 1 fully saturated rings. The van der Waals surface area contributed by atoms with Crippen LogP contribution >= 0.6 is 0 Å². The van der Waals surface area contributed by atoms with Gasteiger partial charge in [-0.1, -0.05) is 24.2 Å². The normalized spacial score (nSPS) is 14.5. The molecule has 4 heterocycles. The SMILES string of the molecule is CCC(C=Nc1ncnc(N)c1-c1noc(C)n1)c1nc2cccc(-c3cnn(C)c3)c2c(=O)n1C1CC1. The third kappa shape index (κ3) is 4.13. The molecule has 0 amide bonds. The summed E-state index contributed by atoms with van der Waals surface area (Å²) in [5.74, 6) is 1.61. The van der Waals surface area contributed by atoms with Crippen molar-refractivity contribution in [2.75, 3.05) is 5.73 Å². The average molecular weight is 511 g/mol. The number of nitrogens with zero attached hydrogens (tertiary/aromatic N) is 9. The van der Waals surface area contributed by atoms with E-state index in [1.807, 2.05) is 42.9 Å². The minimum absolute atomic E-state index is 0.0481. The van der Waals surface area contributed by atoms with Crippen molar-refractivity contribution in [3.8, 4) is 22.5 Å². The molecule has 12 heteroatoms. The zero-order chi connectivity index (χ0) is 26.4. The monoisotopic (exact) mass is 510 g/mol. The molecule has 6 rings (SSSR count). The first-order valence-corrected chi connectivity index (χ1v) is 12.4. The Kier molecular flexibility index (Phi) is 5.78. The Morgan fingerprint density at radius 2 is 2.11 bits per heavy atom. The molecule has 1 aliphatic carbocycles. The van der Waals surface area contributed by atoms with Crippen LogP contribution in [-0.2, 0) is 7.05 Å². The third-order valence-corrected chi connectivity index (χ3v) is 6.64. The first-order valence-electron chi connectivity index (χ1n) is 12.4. The lowest BCUT2D eigenvalue weighted by Gasteiger charge is -2.18. The zero-order valence-corrected chi connectivity index (χ0v) is 21.2. The lowest BCUT2D eigenvalue weighted by Crippen LogP contribution is -2.27. The van der Waals surface area contributed by atoms with Crippen LogP contribution in [0.15, 0.2) is 51.2 Å². The Balaban J connectivity index is 1.47. The van der Waals surface area contributed by atoms with Gasteiger partial charge in [-0.05, 0) is 30.9 Å². The maximum atomic E-state index is 14.0. The van der Waals surface area contributed by atoms with E-state index in [1.54, 1.807) is 24.0 Å². The molecule has 1 unspecified atom stereocenters. The zero-order valence-electron chi connectivity index (χ0n) is 21.2. The van der Waals surface area contributed by atoms with Crippen molar-refractivity contribution < 1.29 is 4.52 Å². The van der Waals surface area contributed by atoms with Crippen LogP contribution in [0.25, 0.3) is 33.4 Å². The molecule has 0 aliphatic heterocycles. The van der Waals surface area contributed by atoms with Gasteiger partial charge in [0.25, 0.3) is 5.56 Å².